The first-order chi connectivity index (χ1) is 7.74. The van der Waals surface area contributed by atoms with E-state index in [9.17, 15) is 0 Å². The van der Waals surface area contributed by atoms with E-state index in [1.54, 1.807) is 0 Å². The van der Waals surface area contributed by atoms with Crippen LogP contribution < -0.4 is 11.1 Å². The number of aromatic nitrogens is 2. The Hall–Kier alpha value is -1.16. The van der Waals surface area contributed by atoms with Gasteiger partial charge in [-0.05, 0) is 51.6 Å². The third-order valence-corrected chi connectivity index (χ3v) is 3.18. The SMILES string of the molecule is Cc1nc(N)cc(CCC2CCNCC2)n1. The van der Waals surface area contributed by atoms with Crippen molar-refractivity contribution in [1.29, 1.82) is 0 Å². The van der Waals surface area contributed by atoms with Crippen molar-refractivity contribution in [2.75, 3.05) is 18.8 Å². The zero-order valence-electron chi connectivity index (χ0n) is 9.87. The van der Waals surface area contributed by atoms with E-state index in [2.05, 4.69) is 15.3 Å². The van der Waals surface area contributed by atoms with Crippen LogP contribution >= 0.6 is 0 Å². The molecular formula is C12H20N4. The second-order valence-corrected chi connectivity index (χ2v) is 4.56. The number of piperidine rings is 1. The monoisotopic (exact) mass is 220 g/mol. The van der Waals surface area contributed by atoms with E-state index in [-0.39, 0.29) is 0 Å². The van der Waals surface area contributed by atoms with Gasteiger partial charge in [0.15, 0.2) is 0 Å². The van der Waals surface area contributed by atoms with Crippen LogP contribution in [0.25, 0.3) is 0 Å². The third-order valence-electron chi connectivity index (χ3n) is 3.18. The lowest BCUT2D eigenvalue weighted by Gasteiger charge is -2.22. The van der Waals surface area contributed by atoms with E-state index >= 15 is 0 Å². The number of hydrogen-bond acceptors (Lipinski definition) is 4. The molecule has 0 aromatic carbocycles. The quantitative estimate of drug-likeness (QED) is 0.806. The maximum atomic E-state index is 5.71. The molecule has 0 unspecified atom stereocenters. The average Bonchev–Trinajstić information content (AvgIpc) is 2.27. The molecule has 0 aliphatic carbocycles. The molecular weight excluding hydrogens is 200 g/mol. The molecule has 0 saturated carbocycles. The number of rotatable bonds is 3. The number of anilines is 1. The molecule has 16 heavy (non-hydrogen) atoms. The molecule has 88 valence electrons. The van der Waals surface area contributed by atoms with Gasteiger partial charge < -0.3 is 11.1 Å². The summed E-state index contributed by atoms with van der Waals surface area (Å²) < 4.78 is 0. The first-order valence-electron chi connectivity index (χ1n) is 6.05. The first kappa shape index (κ1) is 11.3. The zero-order valence-corrected chi connectivity index (χ0v) is 9.87. The summed E-state index contributed by atoms with van der Waals surface area (Å²) in [5, 5.41) is 3.39. The van der Waals surface area contributed by atoms with E-state index in [0.717, 1.165) is 36.9 Å². The number of aryl methyl sites for hydroxylation is 2. The van der Waals surface area contributed by atoms with Crippen molar-refractivity contribution in [2.45, 2.75) is 32.6 Å². The van der Waals surface area contributed by atoms with Gasteiger partial charge in [0.25, 0.3) is 0 Å². The van der Waals surface area contributed by atoms with E-state index < -0.39 is 0 Å². The second kappa shape index (κ2) is 5.25. The van der Waals surface area contributed by atoms with Crippen LogP contribution in [-0.4, -0.2) is 23.1 Å². The van der Waals surface area contributed by atoms with Crippen LogP contribution in [0.15, 0.2) is 6.07 Å². The summed E-state index contributed by atoms with van der Waals surface area (Å²) in [4.78, 5) is 8.50. The lowest BCUT2D eigenvalue weighted by Crippen LogP contribution is -2.27. The van der Waals surface area contributed by atoms with Gasteiger partial charge in [0.1, 0.15) is 11.6 Å². The van der Waals surface area contributed by atoms with Crippen molar-refractivity contribution in [3.63, 3.8) is 0 Å². The smallest absolute Gasteiger partial charge is 0.127 e. The molecule has 1 fully saturated rings. The van der Waals surface area contributed by atoms with Crippen molar-refractivity contribution in [2.24, 2.45) is 5.92 Å². The summed E-state index contributed by atoms with van der Waals surface area (Å²) in [5.74, 6) is 2.21. The standard InChI is InChI=1S/C12H20N4/c1-9-15-11(8-12(13)16-9)3-2-10-4-6-14-7-5-10/h8,10,14H,2-7H2,1H3,(H2,13,15,16). The largest absolute Gasteiger partial charge is 0.384 e. The Bertz CT molecular complexity index is 325. The van der Waals surface area contributed by atoms with Crippen molar-refractivity contribution >= 4 is 5.82 Å². The highest BCUT2D eigenvalue weighted by atomic mass is 14.9. The molecule has 1 aliphatic heterocycles. The first-order valence-corrected chi connectivity index (χ1v) is 6.05. The van der Waals surface area contributed by atoms with Gasteiger partial charge in [0.2, 0.25) is 0 Å². The van der Waals surface area contributed by atoms with Gasteiger partial charge in [0.05, 0.1) is 0 Å². The molecule has 2 rings (SSSR count). The minimum atomic E-state index is 0.591. The summed E-state index contributed by atoms with van der Waals surface area (Å²) >= 11 is 0. The minimum absolute atomic E-state index is 0.591. The topological polar surface area (TPSA) is 63.8 Å². The number of hydrogen-bond donors (Lipinski definition) is 2. The molecule has 1 aromatic rings. The molecule has 4 nitrogen and oxygen atoms in total. The fourth-order valence-electron chi connectivity index (χ4n) is 2.31. The highest BCUT2D eigenvalue weighted by Crippen LogP contribution is 2.18. The van der Waals surface area contributed by atoms with Gasteiger partial charge in [-0.15, -0.1) is 0 Å². The molecule has 0 amide bonds. The van der Waals surface area contributed by atoms with E-state index in [0.29, 0.717) is 5.82 Å². The van der Waals surface area contributed by atoms with Gasteiger partial charge in [-0.25, -0.2) is 9.97 Å². The van der Waals surface area contributed by atoms with Gasteiger partial charge in [-0.2, -0.15) is 0 Å². The molecule has 1 saturated heterocycles. The summed E-state index contributed by atoms with van der Waals surface area (Å²) in [5.41, 5.74) is 6.79. The van der Waals surface area contributed by atoms with Crippen LogP contribution in [0, 0.1) is 12.8 Å². The third kappa shape index (κ3) is 3.17. The van der Waals surface area contributed by atoms with E-state index in [4.69, 9.17) is 5.73 Å². The van der Waals surface area contributed by atoms with Crippen LogP contribution in [-0.2, 0) is 6.42 Å². The Balaban J connectivity index is 1.88. The predicted octanol–water partition coefficient (Wildman–Crippen LogP) is 1.30. The number of nitrogens with zero attached hydrogens (tertiary/aromatic N) is 2. The highest BCUT2D eigenvalue weighted by molar-refractivity contribution is 5.29. The molecule has 0 radical (unpaired) electrons. The fraction of sp³-hybridized carbons (Fsp3) is 0.667. The van der Waals surface area contributed by atoms with Gasteiger partial charge >= 0.3 is 0 Å². The Morgan fingerprint density at radius 3 is 2.81 bits per heavy atom. The fourth-order valence-corrected chi connectivity index (χ4v) is 2.31. The van der Waals surface area contributed by atoms with Gasteiger partial charge in [-0.3, -0.25) is 0 Å². The van der Waals surface area contributed by atoms with Crippen LogP contribution in [0.1, 0.15) is 30.8 Å². The Morgan fingerprint density at radius 2 is 2.12 bits per heavy atom. The number of nitrogens with two attached hydrogens (primary N) is 1. The molecule has 0 atom stereocenters. The van der Waals surface area contributed by atoms with E-state index in [1.165, 1.54) is 19.3 Å². The van der Waals surface area contributed by atoms with Crippen LogP contribution in [0.2, 0.25) is 0 Å². The number of nitrogens with one attached hydrogen (secondary N) is 1. The Kier molecular flexibility index (Phi) is 3.72. The number of nitrogen functional groups attached to an aromatic ring is 1. The predicted molar refractivity (Wildman–Crippen MR) is 65.1 cm³/mol. The lowest BCUT2D eigenvalue weighted by atomic mass is 9.92. The van der Waals surface area contributed by atoms with E-state index in [1.807, 2.05) is 13.0 Å². The molecule has 1 aliphatic rings. The summed E-state index contributed by atoms with van der Waals surface area (Å²) in [6, 6.07) is 1.90. The maximum Gasteiger partial charge on any atom is 0.127 e. The molecule has 4 heteroatoms. The summed E-state index contributed by atoms with van der Waals surface area (Å²) in [7, 11) is 0. The molecule has 2 heterocycles. The summed E-state index contributed by atoms with van der Waals surface area (Å²) in [6.45, 7) is 4.22. The second-order valence-electron chi connectivity index (χ2n) is 4.56. The zero-order chi connectivity index (χ0) is 11.4. The average molecular weight is 220 g/mol. The molecule has 0 bridgehead atoms. The van der Waals surface area contributed by atoms with Gasteiger partial charge in [-0.1, -0.05) is 0 Å². The lowest BCUT2D eigenvalue weighted by molar-refractivity contribution is 0.353. The van der Waals surface area contributed by atoms with Crippen molar-refractivity contribution < 1.29 is 0 Å². The Morgan fingerprint density at radius 1 is 1.38 bits per heavy atom. The maximum absolute atomic E-state index is 5.71. The Labute approximate surface area is 96.7 Å². The normalized spacial score (nSPS) is 17.6. The van der Waals surface area contributed by atoms with Gasteiger partial charge in [0, 0.05) is 11.8 Å². The van der Waals surface area contributed by atoms with Crippen LogP contribution in [0.3, 0.4) is 0 Å². The molecule has 0 spiro atoms. The van der Waals surface area contributed by atoms with Crippen LogP contribution in [0.4, 0.5) is 5.82 Å². The highest BCUT2D eigenvalue weighted by Gasteiger charge is 2.13. The molecule has 1 aromatic heterocycles. The molecule has 3 N–H and O–H groups in total. The van der Waals surface area contributed by atoms with Crippen LogP contribution in [0.5, 0.6) is 0 Å². The van der Waals surface area contributed by atoms with Crippen molar-refractivity contribution in [1.82, 2.24) is 15.3 Å². The van der Waals surface area contributed by atoms with Crippen molar-refractivity contribution in [3.05, 3.63) is 17.6 Å². The summed E-state index contributed by atoms with van der Waals surface area (Å²) in [6.07, 6.45) is 4.83. The van der Waals surface area contributed by atoms with Crippen molar-refractivity contribution in [3.8, 4) is 0 Å². The minimum Gasteiger partial charge on any atom is -0.384 e.